The smallest absolute Gasteiger partial charge is 0.134 e. The number of benzene rings is 4. The standard InChI is InChI=1S/C31H28NO.C14H15FNSi.Ir/c1-20-15-25(31(3,4)5)13-14-26(20)27-18-28(32-19-21(27)2)22-10-8-11-23(16-22)30-17-24-9-6-7-12-29(24)33-30;1-17(2,3)13-8-9-14(16-10-13)11-4-6-12(15)7-5-11;/h6-9,11-19H,1-5H3;4,6-10H,1-3H3;/q2*-1;/i1D3,2D3;;. The minimum atomic E-state index is -2.49. The Morgan fingerprint density at radius 3 is 2.20 bits per heavy atom. The van der Waals surface area contributed by atoms with E-state index in [1.807, 2.05) is 81.6 Å². The Hall–Kier alpha value is -4.48. The average Bonchev–Trinajstić information content (AvgIpc) is 3.58. The predicted molar refractivity (Wildman–Crippen MR) is 209 cm³/mol. The molecule has 7 rings (SSSR count). The van der Waals surface area contributed by atoms with Crippen LogP contribution in [0, 0.1) is 31.7 Å². The second-order valence-corrected chi connectivity index (χ2v) is 19.4. The molecule has 3 nitrogen and oxygen atoms in total. The van der Waals surface area contributed by atoms with Crippen LogP contribution in [0.25, 0.3) is 55.9 Å². The van der Waals surface area contributed by atoms with Crippen LogP contribution >= 0.6 is 0 Å². The first-order valence-electron chi connectivity index (χ1n) is 19.5. The molecule has 4 aromatic carbocycles. The van der Waals surface area contributed by atoms with E-state index in [-0.39, 0.29) is 42.5 Å². The van der Waals surface area contributed by atoms with Crippen LogP contribution in [0.2, 0.25) is 19.6 Å². The zero-order valence-electron chi connectivity index (χ0n) is 35.5. The quantitative estimate of drug-likeness (QED) is 0.128. The molecule has 1 radical (unpaired) electrons. The Balaban J connectivity index is 0.000000289. The van der Waals surface area contributed by atoms with E-state index in [1.54, 1.807) is 30.3 Å². The molecule has 261 valence electrons. The number of nitrogens with zero attached hydrogens (tertiary/aromatic N) is 2. The summed E-state index contributed by atoms with van der Waals surface area (Å²) < 4.78 is 67.9. The number of hydrogen-bond donors (Lipinski definition) is 0. The zero-order valence-corrected chi connectivity index (χ0v) is 32.9. The van der Waals surface area contributed by atoms with Crippen LogP contribution < -0.4 is 5.19 Å². The SMILES string of the molecule is C[Si](C)(C)c1ccc(-c2[c-]cc(F)cc2)nc1.[2H]C([2H])([2H])c1cnc(-c2[c-]ccc(-c3cc4ccccc4o3)c2)cc1-c1ccc(C(C)(C)C)cc1C([2H])([2H])[2H].[Ir]. The van der Waals surface area contributed by atoms with Gasteiger partial charge in [0.1, 0.15) is 11.3 Å². The maximum atomic E-state index is 12.8. The first-order valence-corrected chi connectivity index (χ1v) is 20.0. The van der Waals surface area contributed by atoms with Crippen LogP contribution in [0.5, 0.6) is 0 Å². The first-order chi connectivity index (χ1) is 26.2. The van der Waals surface area contributed by atoms with Crippen molar-refractivity contribution in [2.24, 2.45) is 0 Å². The van der Waals surface area contributed by atoms with Crippen LogP contribution in [0.3, 0.4) is 0 Å². The fraction of sp³-hybridized carbons (Fsp3) is 0.200. The summed E-state index contributed by atoms with van der Waals surface area (Å²) in [6.45, 7) is 7.95. The normalized spacial score (nSPS) is 13.7. The van der Waals surface area contributed by atoms with Crippen LogP contribution in [0.1, 0.15) is 45.7 Å². The Labute approximate surface area is 324 Å². The summed E-state index contributed by atoms with van der Waals surface area (Å²) in [6.07, 6.45) is 3.25. The van der Waals surface area contributed by atoms with Crippen molar-refractivity contribution < 1.29 is 37.1 Å². The minimum Gasteiger partial charge on any atom is -0.458 e. The minimum absolute atomic E-state index is 0. The van der Waals surface area contributed by atoms with Crippen molar-refractivity contribution in [1.29, 1.82) is 0 Å². The molecule has 0 fully saturated rings. The Morgan fingerprint density at radius 1 is 0.745 bits per heavy atom. The maximum Gasteiger partial charge on any atom is 0.134 e. The van der Waals surface area contributed by atoms with E-state index in [9.17, 15) is 4.39 Å². The van der Waals surface area contributed by atoms with E-state index >= 15 is 0 Å². The molecule has 0 N–H and O–H groups in total. The number of pyridine rings is 2. The van der Waals surface area contributed by atoms with Crippen molar-refractivity contribution in [2.45, 2.75) is 59.5 Å². The summed E-state index contributed by atoms with van der Waals surface area (Å²) >= 11 is 0. The largest absolute Gasteiger partial charge is 0.458 e. The van der Waals surface area contributed by atoms with E-state index in [4.69, 9.17) is 12.6 Å². The van der Waals surface area contributed by atoms with Gasteiger partial charge in [-0.05, 0) is 75.6 Å². The van der Waals surface area contributed by atoms with Crippen LogP contribution in [0.4, 0.5) is 4.39 Å². The number of para-hydroxylation sites is 1. The van der Waals surface area contributed by atoms with E-state index < -0.39 is 21.8 Å². The van der Waals surface area contributed by atoms with Crippen molar-refractivity contribution in [3.8, 4) is 45.0 Å². The van der Waals surface area contributed by atoms with Crippen molar-refractivity contribution >= 4 is 24.2 Å². The molecule has 7 aromatic rings. The molecule has 0 unspecified atom stereocenters. The second-order valence-electron chi connectivity index (χ2n) is 14.4. The summed E-state index contributed by atoms with van der Waals surface area (Å²) in [7, 11) is -1.30. The molecule has 0 amide bonds. The maximum absolute atomic E-state index is 12.8. The molecular weight excluding hydrogens is 824 g/mol. The van der Waals surface area contributed by atoms with Crippen molar-refractivity contribution in [3.63, 3.8) is 0 Å². The Bertz CT molecular complexity index is 2450. The molecule has 0 spiro atoms. The van der Waals surface area contributed by atoms with Crippen LogP contribution in [-0.2, 0) is 25.5 Å². The molecular formula is C45H43FIrN2OSi-2. The third kappa shape index (κ3) is 8.88. The summed E-state index contributed by atoms with van der Waals surface area (Å²) in [6, 6.07) is 36.8. The van der Waals surface area contributed by atoms with Crippen molar-refractivity contribution in [2.75, 3.05) is 0 Å². The van der Waals surface area contributed by atoms with Gasteiger partial charge in [0.05, 0.1) is 8.07 Å². The molecule has 0 saturated carbocycles. The van der Waals surface area contributed by atoms with Gasteiger partial charge in [0.25, 0.3) is 0 Å². The van der Waals surface area contributed by atoms with Crippen molar-refractivity contribution in [1.82, 2.24) is 9.97 Å². The molecule has 0 aliphatic carbocycles. The Kier molecular flexibility index (Phi) is 9.11. The fourth-order valence-electron chi connectivity index (χ4n) is 5.52. The van der Waals surface area contributed by atoms with Crippen molar-refractivity contribution in [3.05, 3.63) is 150 Å². The van der Waals surface area contributed by atoms with E-state index in [0.717, 1.165) is 33.4 Å². The van der Waals surface area contributed by atoms with Crippen LogP contribution in [-0.4, -0.2) is 18.0 Å². The number of hydrogen-bond acceptors (Lipinski definition) is 3. The first kappa shape index (κ1) is 30.2. The van der Waals surface area contributed by atoms with E-state index in [1.165, 1.54) is 23.5 Å². The summed E-state index contributed by atoms with van der Waals surface area (Å²) in [5, 5.41) is 2.31. The van der Waals surface area contributed by atoms with Gasteiger partial charge in [0, 0.05) is 51.9 Å². The number of furan rings is 1. The summed E-state index contributed by atoms with van der Waals surface area (Å²) in [4.78, 5) is 8.89. The third-order valence-corrected chi connectivity index (χ3v) is 10.6. The molecule has 3 heterocycles. The zero-order chi connectivity index (χ0) is 40.6. The van der Waals surface area contributed by atoms with E-state index in [0.29, 0.717) is 28.1 Å². The molecule has 0 bridgehead atoms. The number of aryl methyl sites for hydroxylation is 2. The Morgan fingerprint density at radius 2 is 1.53 bits per heavy atom. The average molecular weight is 873 g/mol. The number of fused-ring (bicyclic) bond motifs is 1. The van der Waals surface area contributed by atoms with Gasteiger partial charge in [-0.3, -0.25) is 4.39 Å². The molecule has 0 atom stereocenters. The third-order valence-electron chi connectivity index (χ3n) is 8.55. The number of halogens is 1. The monoisotopic (exact) mass is 873 g/mol. The fourth-order valence-corrected chi connectivity index (χ4v) is 6.56. The predicted octanol–water partition coefficient (Wildman–Crippen LogP) is 11.8. The van der Waals surface area contributed by atoms with Gasteiger partial charge >= 0.3 is 0 Å². The summed E-state index contributed by atoms with van der Waals surface area (Å²) in [5.41, 5.74) is 5.73. The second kappa shape index (κ2) is 15.4. The van der Waals surface area contributed by atoms with Gasteiger partial charge < -0.3 is 14.4 Å². The number of aromatic nitrogens is 2. The molecule has 0 aliphatic heterocycles. The molecule has 0 aliphatic rings. The molecule has 6 heteroatoms. The molecule has 51 heavy (non-hydrogen) atoms. The summed E-state index contributed by atoms with van der Waals surface area (Å²) in [5.74, 6) is 0.417. The molecule has 3 aromatic heterocycles. The molecule has 0 saturated heterocycles. The topological polar surface area (TPSA) is 38.9 Å². The number of rotatable bonds is 5. The van der Waals surface area contributed by atoms with Crippen LogP contribution in [0.15, 0.2) is 120 Å². The van der Waals surface area contributed by atoms with E-state index in [2.05, 4.69) is 47.8 Å². The van der Waals surface area contributed by atoms with Gasteiger partial charge in [-0.1, -0.05) is 101 Å². The van der Waals surface area contributed by atoms with Gasteiger partial charge in [-0.25, -0.2) is 0 Å². The van der Waals surface area contributed by atoms with Gasteiger partial charge in [0.15, 0.2) is 0 Å². The van der Waals surface area contributed by atoms with Gasteiger partial charge in [-0.15, -0.1) is 59.7 Å². The van der Waals surface area contributed by atoms with Gasteiger partial charge in [-0.2, -0.15) is 0 Å². The van der Waals surface area contributed by atoms with Gasteiger partial charge in [0.2, 0.25) is 0 Å².